The second-order valence-corrected chi connectivity index (χ2v) is 4.65. The predicted molar refractivity (Wildman–Crippen MR) is 65.7 cm³/mol. The molecule has 0 amide bonds. The summed E-state index contributed by atoms with van der Waals surface area (Å²) >= 11 is 0. The van der Waals surface area contributed by atoms with Crippen molar-refractivity contribution >= 4 is 5.69 Å². The highest BCUT2D eigenvalue weighted by atomic mass is 15.2. The molecule has 1 aliphatic heterocycles. The number of hydrogen-bond acceptors (Lipinski definition) is 2. The van der Waals surface area contributed by atoms with Crippen LogP contribution in [0.2, 0.25) is 0 Å². The van der Waals surface area contributed by atoms with Gasteiger partial charge in [0.25, 0.3) is 0 Å². The van der Waals surface area contributed by atoms with E-state index >= 15 is 0 Å². The van der Waals surface area contributed by atoms with Gasteiger partial charge in [-0.15, -0.1) is 0 Å². The second kappa shape index (κ2) is 3.86. The standard InChI is InChI=1S/C13H20N2/c1-9-5-11(3)13(6-10(9)2)15(4)12-7-14-8-12/h5-6,12,14H,7-8H2,1-4H3. The van der Waals surface area contributed by atoms with Gasteiger partial charge in [-0.2, -0.15) is 0 Å². The number of nitrogens with one attached hydrogen (secondary N) is 1. The van der Waals surface area contributed by atoms with E-state index in [9.17, 15) is 0 Å². The first kappa shape index (κ1) is 10.5. The van der Waals surface area contributed by atoms with Crippen molar-refractivity contribution in [3.05, 3.63) is 28.8 Å². The number of likely N-dealkylation sites (N-methyl/N-ethyl adjacent to an activating group) is 1. The van der Waals surface area contributed by atoms with Crippen LogP contribution >= 0.6 is 0 Å². The van der Waals surface area contributed by atoms with Gasteiger partial charge in [0.15, 0.2) is 0 Å². The highest BCUT2D eigenvalue weighted by Crippen LogP contribution is 2.25. The van der Waals surface area contributed by atoms with Crippen molar-refractivity contribution in [3.63, 3.8) is 0 Å². The Balaban J connectivity index is 2.30. The van der Waals surface area contributed by atoms with Gasteiger partial charge in [-0.05, 0) is 43.5 Å². The molecule has 0 aliphatic carbocycles. The molecule has 1 N–H and O–H groups in total. The van der Waals surface area contributed by atoms with Crippen molar-refractivity contribution in [1.29, 1.82) is 0 Å². The van der Waals surface area contributed by atoms with E-state index in [2.05, 4.69) is 50.2 Å². The van der Waals surface area contributed by atoms with Crippen molar-refractivity contribution in [1.82, 2.24) is 5.32 Å². The monoisotopic (exact) mass is 204 g/mol. The number of rotatable bonds is 2. The first-order valence-electron chi connectivity index (χ1n) is 5.61. The number of aryl methyl sites for hydroxylation is 3. The molecule has 82 valence electrons. The summed E-state index contributed by atoms with van der Waals surface area (Å²) in [6, 6.07) is 5.27. The molecular weight excluding hydrogens is 184 g/mol. The van der Waals surface area contributed by atoms with Crippen LogP contribution in [0.1, 0.15) is 16.7 Å². The van der Waals surface area contributed by atoms with E-state index in [0.717, 1.165) is 13.1 Å². The maximum atomic E-state index is 3.32. The normalized spacial score (nSPS) is 16.3. The Hall–Kier alpha value is -1.02. The third kappa shape index (κ3) is 1.86. The number of benzene rings is 1. The quantitative estimate of drug-likeness (QED) is 0.793. The molecule has 2 nitrogen and oxygen atoms in total. The molecular formula is C13H20N2. The summed E-state index contributed by atoms with van der Waals surface area (Å²) < 4.78 is 0. The van der Waals surface area contributed by atoms with Crippen LogP contribution in [-0.2, 0) is 0 Å². The molecule has 2 rings (SSSR count). The molecule has 0 bridgehead atoms. The molecule has 0 radical (unpaired) electrons. The lowest BCUT2D eigenvalue weighted by atomic mass is 10.0. The van der Waals surface area contributed by atoms with Crippen LogP contribution in [0.25, 0.3) is 0 Å². The molecule has 0 unspecified atom stereocenters. The van der Waals surface area contributed by atoms with E-state index in [1.165, 1.54) is 22.4 Å². The zero-order valence-electron chi connectivity index (χ0n) is 10.1. The zero-order chi connectivity index (χ0) is 11.0. The first-order valence-corrected chi connectivity index (χ1v) is 5.61. The Morgan fingerprint density at radius 1 is 1.07 bits per heavy atom. The van der Waals surface area contributed by atoms with Crippen molar-refractivity contribution in [2.75, 3.05) is 25.0 Å². The zero-order valence-corrected chi connectivity index (χ0v) is 10.1. The Labute approximate surface area is 92.3 Å². The van der Waals surface area contributed by atoms with Crippen LogP contribution in [0.4, 0.5) is 5.69 Å². The number of hydrogen-bond donors (Lipinski definition) is 1. The van der Waals surface area contributed by atoms with Gasteiger partial charge in [-0.25, -0.2) is 0 Å². The lowest BCUT2D eigenvalue weighted by Gasteiger charge is -2.38. The van der Waals surface area contributed by atoms with Crippen molar-refractivity contribution < 1.29 is 0 Å². The second-order valence-electron chi connectivity index (χ2n) is 4.65. The lowest BCUT2D eigenvalue weighted by Crippen LogP contribution is -2.56. The molecule has 1 aromatic carbocycles. The Bertz CT molecular complexity index is 367. The number of anilines is 1. The summed E-state index contributed by atoms with van der Waals surface area (Å²) in [6.07, 6.45) is 0. The van der Waals surface area contributed by atoms with E-state index in [-0.39, 0.29) is 0 Å². The summed E-state index contributed by atoms with van der Waals surface area (Å²) in [7, 11) is 2.20. The SMILES string of the molecule is Cc1cc(C)c(N(C)C2CNC2)cc1C. The molecule has 0 aromatic heterocycles. The topological polar surface area (TPSA) is 15.3 Å². The van der Waals surface area contributed by atoms with Crippen molar-refractivity contribution in [2.24, 2.45) is 0 Å². The third-order valence-electron chi connectivity index (χ3n) is 3.50. The van der Waals surface area contributed by atoms with E-state index in [4.69, 9.17) is 0 Å². The van der Waals surface area contributed by atoms with Crippen LogP contribution < -0.4 is 10.2 Å². The Morgan fingerprint density at radius 3 is 2.20 bits per heavy atom. The van der Waals surface area contributed by atoms with Gasteiger partial charge in [0.2, 0.25) is 0 Å². The van der Waals surface area contributed by atoms with Crippen molar-refractivity contribution in [2.45, 2.75) is 26.8 Å². The summed E-state index contributed by atoms with van der Waals surface area (Å²) in [6.45, 7) is 8.79. The summed E-state index contributed by atoms with van der Waals surface area (Å²) in [5, 5.41) is 3.32. The summed E-state index contributed by atoms with van der Waals surface area (Å²) in [4.78, 5) is 2.40. The van der Waals surface area contributed by atoms with Gasteiger partial charge >= 0.3 is 0 Å². The average Bonchev–Trinajstić information content (AvgIpc) is 2.08. The van der Waals surface area contributed by atoms with E-state index in [1.807, 2.05) is 0 Å². The molecule has 1 aromatic rings. The Morgan fingerprint density at radius 2 is 1.67 bits per heavy atom. The minimum absolute atomic E-state index is 0.672. The predicted octanol–water partition coefficient (Wildman–Crippen LogP) is 2.02. The molecule has 1 saturated heterocycles. The van der Waals surface area contributed by atoms with Crippen LogP contribution in [0.15, 0.2) is 12.1 Å². The minimum Gasteiger partial charge on any atom is -0.369 e. The largest absolute Gasteiger partial charge is 0.369 e. The van der Waals surface area contributed by atoms with Gasteiger partial charge in [0.1, 0.15) is 0 Å². The number of nitrogens with zero attached hydrogens (tertiary/aromatic N) is 1. The average molecular weight is 204 g/mol. The van der Waals surface area contributed by atoms with Crippen LogP contribution in [-0.4, -0.2) is 26.2 Å². The van der Waals surface area contributed by atoms with E-state index < -0.39 is 0 Å². The molecule has 1 heterocycles. The maximum Gasteiger partial charge on any atom is 0.0535 e. The van der Waals surface area contributed by atoms with E-state index in [1.54, 1.807) is 0 Å². The fourth-order valence-electron chi connectivity index (χ4n) is 2.07. The summed E-state index contributed by atoms with van der Waals surface area (Å²) in [5.41, 5.74) is 5.53. The van der Waals surface area contributed by atoms with Gasteiger partial charge in [-0.3, -0.25) is 0 Å². The smallest absolute Gasteiger partial charge is 0.0535 e. The molecule has 0 saturated carbocycles. The molecule has 1 aliphatic rings. The van der Waals surface area contributed by atoms with Gasteiger partial charge in [0.05, 0.1) is 6.04 Å². The third-order valence-corrected chi connectivity index (χ3v) is 3.50. The van der Waals surface area contributed by atoms with Crippen LogP contribution in [0.3, 0.4) is 0 Å². The highest BCUT2D eigenvalue weighted by molar-refractivity contribution is 5.57. The Kier molecular flexibility index (Phi) is 2.70. The van der Waals surface area contributed by atoms with Crippen molar-refractivity contribution in [3.8, 4) is 0 Å². The maximum absolute atomic E-state index is 3.32. The fourth-order valence-corrected chi connectivity index (χ4v) is 2.07. The molecule has 0 spiro atoms. The molecule has 1 fully saturated rings. The van der Waals surface area contributed by atoms with Gasteiger partial charge in [0, 0.05) is 25.8 Å². The van der Waals surface area contributed by atoms with E-state index in [0.29, 0.717) is 6.04 Å². The minimum atomic E-state index is 0.672. The van der Waals surface area contributed by atoms with Crippen LogP contribution in [0.5, 0.6) is 0 Å². The van der Waals surface area contributed by atoms with Crippen LogP contribution in [0, 0.1) is 20.8 Å². The molecule has 15 heavy (non-hydrogen) atoms. The summed E-state index contributed by atoms with van der Waals surface area (Å²) in [5.74, 6) is 0. The van der Waals surface area contributed by atoms with Gasteiger partial charge < -0.3 is 10.2 Å². The lowest BCUT2D eigenvalue weighted by molar-refractivity contribution is 0.428. The molecule has 2 heteroatoms. The van der Waals surface area contributed by atoms with Gasteiger partial charge in [-0.1, -0.05) is 6.07 Å². The molecule has 0 atom stereocenters. The first-order chi connectivity index (χ1) is 7.09. The fraction of sp³-hybridized carbons (Fsp3) is 0.538. The highest BCUT2D eigenvalue weighted by Gasteiger charge is 2.22.